The smallest absolute Gasteiger partial charge is 0.0213 e. The van der Waals surface area contributed by atoms with Crippen LogP contribution in [-0.4, -0.2) is 24.0 Å². The van der Waals surface area contributed by atoms with Gasteiger partial charge in [-0.15, -0.1) is 0 Å². The van der Waals surface area contributed by atoms with E-state index in [2.05, 4.69) is 46.0 Å². The Hall–Kier alpha value is -0.340. The summed E-state index contributed by atoms with van der Waals surface area (Å²) in [7, 11) is 0. The minimum Gasteiger partial charge on any atom is -0.300 e. The van der Waals surface area contributed by atoms with Crippen molar-refractivity contribution >= 4 is 15.9 Å². The average molecular weight is 294 g/mol. The second-order valence-corrected chi connectivity index (χ2v) is 6.20. The van der Waals surface area contributed by atoms with Crippen LogP contribution in [0.1, 0.15) is 43.2 Å². The van der Waals surface area contributed by atoms with E-state index < -0.39 is 0 Å². The van der Waals surface area contributed by atoms with Crippen LogP contribution in [0.3, 0.4) is 0 Å². The van der Waals surface area contributed by atoms with Gasteiger partial charge in [0.15, 0.2) is 0 Å². The Morgan fingerprint density at radius 1 is 1.35 bits per heavy atom. The predicted molar refractivity (Wildman–Crippen MR) is 75.5 cm³/mol. The lowest BCUT2D eigenvalue weighted by Crippen LogP contribution is -2.35. The molecule has 3 rings (SSSR count). The summed E-state index contributed by atoms with van der Waals surface area (Å²) in [4.78, 5) is 2.72. The first-order valence-electron chi connectivity index (χ1n) is 6.82. The molecule has 2 atom stereocenters. The van der Waals surface area contributed by atoms with E-state index in [1.807, 2.05) is 0 Å². The van der Waals surface area contributed by atoms with Gasteiger partial charge in [0.1, 0.15) is 0 Å². The second-order valence-electron chi connectivity index (χ2n) is 5.35. The molecule has 1 saturated heterocycles. The molecule has 2 aliphatic rings. The molecule has 17 heavy (non-hydrogen) atoms. The summed E-state index contributed by atoms with van der Waals surface area (Å²) >= 11 is 3.76. The van der Waals surface area contributed by atoms with E-state index in [0.29, 0.717) is 0 Å². The zero-order valence-corrected chi connectivity index (χ0v) is 12.0. The highest BCUT2D eigenvalue weighted by Gasteiger charge is 2.38. The maximum absolute atomic E-state index is 3.76. The molecule has 0 radical (unpaired) electrons. The number of benzene rings is 1. The zero-order valence-electron chi connectivity index (χ0n) is 10.5. The number of halogens is 1. The van der Waals surface area contributed by atoms with Gasteiger partial charge in [-0.25, -0.2) is 0 Å². The standard InChI is InChI=1S/C15H20BrN/c1-2-9-17-10-8-12-14(17)7-6-11-4-3-5-13(16)15(11)12/h3-5,12,14H,2,6-10H2,1H3/t12-,14+/m1/s1. The average Bonchev–Trinajstić information content (AvgIpc) is 2.73. The third kappa shape index (κ3) is 1.96. The highest BCUT2D eigenvalue weighted by Crippen LogP contribution is 2.44. The molecule has 1 aliphatic heterocycles. The molecule has 2 heteroatoms. The largest absolute Gasteiger partial charge is 0.300 e. The van der Waals surface area contributed by atoms with Crippen LogP contribution < -0.4 is 0 Å². The first-order chi connectivity index (χ1) is 8.31. The number of nitrogens with zero attached hydrogens (tertiary/aromatic N) is 1. The van der Waals surface area contributed by atoms with Crippen molar-refractivity contribution in [2.45, 2.75) is 44.6 Å². The van der Waals surface area contributed by atoms with E-state index in [0.717, 1.165) is 12.0 Å². The van der Waals surface area contributed by atoms with Crippen molar-refractivity contribution in [3.8, 4) is 0 Å². The van der Waals surface area contributed by atoms with Crippen LogP contribution in [0.25, 0.3) is 0 Å². The minimum atomic E-state index is 0.779. The Labute approximate surface area is 112 Å². The number of fused-ring (bicyclic) bond motifs is 3. The van der Waals surface area contributed by atoms with Crippen molar-refractivity contribution in [2.24, 2.45) is 0 Å². The van der Waals surface area contributed by atoms with Gasteiger partial charge >= 0.3 is 0 Å². The number of likely N-dealkylation sites (tertiary alicyclic amines) is 1. The van der Waals surface area contributed by atoms with Crippen molar-refractivity contribution < 1.29 is 0 Å². The fourth-order valence-electron chi connectivity index (χ4n) is 3.72. The summed E-state index contributed by atoms with van der Waals surface area (Å²) < 4.78 is 1.34. The SMILES string of the molecule is CCCN1CC[C@H]2c3c(Br)cccc3CC[C@@H]21. The van der Waals surface area contributed by atoms with Gasteiger partial charge in [-0.2, -0.15) is 0 Å². The molecular formula is C15H20BrN. The Bertz CT molecular complexity index is 415. The molecule has 1 aliphatic carbocycles. The minimum absolute atomic E-state index is 0.779. The highest BCUT2D eigenvalue weighted by molar-refractivity contribution is 9.10. The van der Waals surface area contributed by atoms with Gasteiger partial charge in [-0.1, -0.05) is 35.0 Å². The van der Waals surface area contributed by atoms with Gasteiger partial charge < -0.3 is 0 Å². The molecule has 1 aromatic rings. The molecule has 0 spiro atoms. The fourth-order valence-corrected chi connectivity index (χ4v) is 4.42. The van der Waals surface area contributed by atoms with Crippen molar-refractivity contribution in [2.75, 3.05) is 13.1 Å². The van der Waals surface area contributed by atoms with Crippen LogP contribution in [0.4, 0.5) is 0 Å². The van der Waals surface area contributed by atoms with Crippen LogP contribution in [-0.2, 0) is 6.42 Å². The third-order valence-electron chi connectivity index (χ3n) is 4.40. The van der Waals surface area contributed by atoms with Crippen LogP contribution >= 0.6 is 15.9 Å². The predicted octanol–water partition coefficient (Wildman–Crippen LogP) is 3.96. The number of rotatable bonds is 2. The van der Waals surface area contributed by atoms with E-state index in [-0.39, 0.29) is 0 Å². The van der Waals surface area contributed by atoms with Gasteiger partial charge in [0.2, 0.25) is 0 Å². The lowest BCUT2D eigenvalue weighted by molar-refractivity contribution is 0.227. The normalized spacial score (nSPS) is 27.9. The van der Waals surface area contributed by atoms with Crippen molar-refractivity contribution in [3.05, 3.63) is 33.8 Å². The van der Waals surface area contributed by atoms with Gasteiger partial charge in [0.05, 0.1) is 0 Å². The van der Waals surface area contributed by atoms with E-state index >= 15 is 0 Å². The van der Waals surface area contributed by atoms with Crippen molar-refractivity contribution in [1.82, 2.24) is 4.90 Å². The topological polar surface area (TPSA) is 3.24 Å². The van der Waals surface area contributed by atoms with Gasteiger partial charge in [-0.05, 0) is 56.0 Å². The molecule has 0 unspecified atom stereocenters. The molecule has 0 N–H and O–H groups in total. The molecule has 1 aromatic carbocycles. The lowest BCUT2D eigenvalue weighted by Gasteiger charge is -2.33. The van der Waals surface area contributed by atoms with Crippen molar-refractivity contribution in [1.29, 1.82) is 0 Å². The van der Waals surface area contributed by atoms with Crippen LogP contribution in [0, 0.1) is 0 Å². The van der Waals surface area contributed by atoms with E-state index in [9.17, 15) is 0 Å². The molecule has 1 heterocycles. The summed E-state index contributed by atoms with van der Waals surface area (Å²) in [6.45, 7) is 4.87. The van der Waals surface area contributed by atoms with Crippen LogP contribution in [0.5, 0.6) is 0 Å². The molecule has 0 aromatic heterocycles. The maximum Gasteiger partial charge on any atom is 0.0213 e. The Morgan fingerprint density at radius 3 is 3.06 bits per heavy atom. The number of hydrogen-bond donors (Lipinski definition) is 0. The lowest BCUT2D eigenvalue weighted by atomic mass is 9.79. The fraction of sp³-hybridized carbons (Fsp3) is 0.600. The quantitative estimate of drug-likeness (QED) is 0.798. The van der Waals surface area contributed by atoms with Gasteiger partial charge in [-0.3, -0.25) is 4.90 Å². The number of hydrogen-bond acceptors (Lipinski definition) is 1. The van der Waals surface area contributed by atoms with E-state index in [1.165, 1.54) is 43.2 Å². The summed E-state index contributed by atoms with van der Waals surface area (Å²) in [5.74, 6) is 0.779. The molecule has 0 saturated carbocycles. The summed E-state index contributed by atoms with van der Waals surface area (Å²) in [5, 5.41) is 0. The highest BCUT2D eigenvalue weighted by atomic mass is 79.9. The number of aryl methyl sites for hydroxylation is 1. The van der Waals surface area contributed by atoms with Gasteiger partial charge in [0, 0.05) is 16.4 Å². The first-order valence-corrected chi connectivity index (χ1v) is 7.62. The molecule has 92 valence electrons. The van der Waals surface area contributed by atoms with Crippen LogP contribution in [0.15, 0.2) is 22.7 Å². The Kier molecular flexibility index (Phi) is 3.27. The second kappa shape index (κ2) is 4.74. The van der Waals surface area contributed by atoms with Crippen LogP contribution in [0.2, 0.25) is 0 Å². The molecule has 1 nitrogen and oxygen atoms in total. The summed E-state index contributed by atoms with van der Waals surface area (Å²) in [5.41, 5.74) is 3.20. The van der Waals surface area contributed by atoms with E-state index in [4.69, 9.17) is 0 Å². The third-order valence-corrected chi connectivity index (χ3v) is 5.09. The molecule has 1 fully saturated rings. The maximum atomic E-state index is 3.76. The zero-order chi connectivity index (χ0) is 11.8. The van der Waals surface area contributed by atoms with E-state index in [1.54, 1.807) is 11.1 Å². The Balaban J connectivity index is 1.93. The summed E-state index contributed by atoms with van der Waals surface area (Å²) in [6.07, 6.45) is 5.25. The van der Waals surface area contributed by atoms with Gasteiger partial charge in [0.25, 0.3) is 0 Å². The molecule has 0 bridgehead atoms. The Morgan fingerprint density at radius 2 is 2.24 bits per heavy atom. The monoisotopic (exact) mass is 293 g/mol. The van der Waals surface area contributed by atoms with Crippen molar-refractivity contribution in [3.63, 3.8) is 0 Å². The molecule has 0 amide bonds. The molecular weight excluding hydrogens is 274 g/mol. The summed E-state index contributed by atoms with van der Waals surface area (Å²) in [6, 6.07) is 7.52. The first kappa shape index (κ1) is 11.7.